The van der Waals surface area contributed by atoms with Gasteiger partial charge in [-0.3, -0.25) is 0 Å². The fourth-order valence-electron chi connectivity index (χ4n) is 1.72. The van der Waals surface area contributed by atoms with Crippen LogP contribution in [0.2, 0.25) is 0 Å². The number of halogens is 3. The number of hydrogen-bond donors (Lipinski definition) is 1. The van der Waals surface area contributed by atoms with Crippen molar-refractivity contribution in [3.63, 3.8) is 0 Å². The smallest absolute Gasteiger partial charge is 0.451 e. The van der Waals surface area contributed by atoms with Gasteiger partial charge in [0, 0.05) is 12.8 Å². The summed E-state index contributed by atoms with van der Waals surface area (Å²) in [5.41, 5.74) is 0.487. The molecular weight excluding hydrogens is 345 g/mol. The topological polar surface area (TPSA) is 84.0 Å². The number of hydrogen-bond acceptors (Lipinski definition) is 6. The minimum atomic E-state index is -4.57. The van der Waals surface area contributed by atoms with Crippen molar-refractivity contribution in [3.8, 4) is 11.8 Å². The van der Waals surface area contributed by atoms with Crippen LogP contribution >= 0.6 is 11.8 Å². The second kappa shape index (κ2) is 7.55. The molecule has 2 aromatic rings. The van der Waals surface area contributed by atoms with Gasteiger partial charge >= 0.3 is 6.18 Å². The van der Waals surface area contributed by atoms with E-state index >= 15 is 0 Å². The summed E-state index contributed by atoms with van der Waals surface area (Å²) in [4.78, 5) is 0. The van der Waals surface area contributed by atoms with Crippen LogP contribution in [0.5, 0.6) is 5.75 Å². The zero-order chi connectivity index (χ0) is 17.7. The van der Waals surface area contributed by atoms with Gasteiger partial charge in [0.05, 0.1) is 17.7 Å². The molecule has 0 saturated heterocycles. The van der Waals surface area contributed by atoms with E-state index in [0.717, 1.165) is 16.3 Å². The molecule has 24 heavy (non-hydrogen) atoms. The van der Waals surface area contributed by atoms with E-state index < -0.39 is 18.1 Å². The molecule has 0 saturated carbocycles. The van der Waals surface area contributed by atoms with Crippen LogP contribution in [0.3, 0.4) is 0 Å². The molecule has 1 aromatic heterocycles. The van der Waals surface area contributed by atoms with Crippen LogP contribution < -0.4 is 4.74 Å². The Labute approximate surface area is 139 Å². The molecule has 1 aromatic carbocycles. The summed E-state index contributed by atoms with van der Waals surface area (Å²) in [7, 11) is 1.21. The zero-order valence-corrected chi connectivity index (χ0v) is 13.3. The van der Waals surface area contributed by atoms with Crippen LogP contribution in [-0.4, -0.2) is 38.3 Å². The summed E-state index contributed by atoms with van der Waals surface area (Å²) in [5.74, 6) is -0.510. The van der Waals surface area contributed by atoms with Crippen LogP contribution in [-0.2, 0) is 13.2 Å². The molecule has 1 atom stereocenters. The summed E-state index contributed by atoms with van der Waals surface area (Å²) in [5, 5.41) is 25.2. The third-order valence-electron chi connectivity index (χ3n) is 2.92. The number of benzene rings is 1. The first-order valence-corrected chi connectivity index (χ1v) is 7.70. The van der Waals surface area contributed by atoms with Gasteiger partial charge in [-0.25, -0.2) is 0 Å². The normalized spacial score (nSPS) is 12.7. The van der Waals surface area contributed by atoms with Crippen molar-refractivity contribution in [2.45, 2.75) is 17.4 Å². The van der Waals surface area contributed by atoms with E-state index in [-0.39, 0.29) is 17.5 Å². The van der Waals surface area contributed by atoms with Gasteiger partial charge in [-0.15, -0.1) is 10.2 Å². The summed E-state index contributed by atoms with van der Waals surface area (Å²) >= 11 is 0.950. The highest BCUT2D eigenvalue weighted by Gasteiger charge is 2.37. The molecule has 128 valence electrons. The number of nitriles is 1. The lowest BCUT2D eigenvalue weighted by Crippen LogP contribution is -2.20. The van der Waals surface area contributed by atoms with Crippen LogP contribution in [0, 0.1) is 11.3 Å². The average molecular weight is 358 g/mol. The third kappa shape index (κ3) is 4.62. The Balaban J connectivity index is 1.84. The summed E-state index contributed by atoms with van der Waals surface area (Å²) in [6, 6.07) is 8.32. The minimum absolute atomic E-state index is 0.0388. The Hall–Kier alpha value is -2.25. The Kier molecular flexibility index (Phi) is 5.69. The molecule has 0 amide bonds. The monoisotopic (exact) mass is 358 g/mol. The van der Waals surface area contributed by atoms with Crippen molar-refractivity contribution in [2.24, 2.45) is 7.05 Å². The predicted molar refractivity (Wildman–Crippen MR) is 79.4 cm³/mol. The number of aliphatic hydroxyl groups is 1. The van der Waals surface area contributed by atoms with Gasteiger partial charge in [-0.05, 0) is 24.3 Å². The molecule has 10 heteroatoms. The number of aromatic nitrogens is 3. The summed E-state index contributed by atoms with van der Waals surface area (Å²) in [6.07, 6.45) is -5.48. The molecule has 2 rings (SSSR count). The second-order valence-corrected chi connectivity index (χ2v) is 5.76. The molecule has 0 aliphatic heterocycles. The lowest BCUT2D eigenvalue weighted by molar-refractivity contribution is -0.147. The van der Waals surface area contributed by atoms with E-state index in [2.05, 4.69) is 10.2 Å². The highest BCUT2D eigenvalue weighted by atomic mass is 32.2. The molecule has 0 bridgehead atoms. The third-order valence-corrected chi connectivity index (χ3v) is 4.08. The van der Waals surface area contributed by atoms with Gasteiger partial charge in [-0.2, -0.15) is 18.4 Å². The Morgan fingerprint density at radius 1 is 1.33 bits per heavy atom. The highest BCUT2D eigenvalue weighted by Crippen LogP contribution is 2.29. The molecule has 0 spiro atoms. The maximum Gasteiger partial charge on any atom is 0.451 e. The standard InChI is InChI=1S/C14H13F3N4O2S/c1-21-12(14(15,16)17)19-20-13(21)24-8-10(22)7-23-11-4-2-9(6-18)3-5-11/h2-5,10,22H,7-8H2,1H3/t10-/m0/s1. The van der Waals surface area contributed by atoms with Crippen molar-refractivity contribution >= 4 is 11.8 Å². The zero-order valence-electron chi connectivity index (χ0n) is 12.5. The fraction of sp³-hybridized carbons (Fsp3) is 0.357. The molecule has 0 aliphatic carbocycles. The number of ether oxygens (including phenoxy) is 1. The average Bonchev–Trinajstić information content (AvgIpc) is 2.92. The van der Waals surface area contributed by atoms with Gasteiger partial charge in [0.25, 0.3) is 0 Å². The number of aliphatic hydroxyl groups excluding tert-OH is 1. The quantitative estimate of drug-likeness (QED) is 0.798. The van der Waals surface area contributed by atoms with E-state index in [1.165, 1.54) is 7.05 Å². The van der Waals surface area contributed by atoms with Gasteiger partial charge < -0.3 is 14.4 Å². The molecule has 1 heterocycles. The van der Waals surface area contributed by atoms with E-state index in [1.54, 1.807) is 24.3 Å². The predicted octanol–water partition coefficient (Wildman–Crippen LogP) is 2.24. The van der Waals surface area contributed by atoms with Crippen LogP contribution in [0.4, 0.5) is 13.2 Å². The van der Waals surface area contributed by atoms with Crippen molar-refractivity contribution in [3.05, 3.63) is 35.7 Å². The molecule has 6 nitrogen and oxygen atoms in total. The van der Waals surface area contributed by atoms with Gasteiger partial charge in [0.1, 0.15) is 12.4 Å². The van der Waals surface area contributed by atoms with E-state index in [0.29, 0.717) is 11.3 Å². The van der Waals surface area contributed by atoms with Crippen molar-refractivity contribution < 1.29 is 23.0 Å². The SMILES string of the molecule is Cn1c(SC[C@@H](O)COc2ccc(C#N)cc2)nnc1C(F)(F)F. The van der Waals surface area contributed by atoms with Crippen molar-refractivity contribution in [2.75, 3.05) is 12.4 Å². The fourth-order valence-corrected chi connectivity index (χ4v) is 2.54. The first kappa shape index (κ1) is 18.1. The first-order valence-electron chi connectivity index (χ1n) is 6.71. The summed E-state index contributed by atoms with van der Waals surface area (Å²) in [6.45, 7) is -0.0388. The molecule has 0 radical (unpaired) electrons. The minimum Gasteiger partial charge on any atom is -0.491 e. The van der Waals surface area contributed by atoms with Crippen LogP contribution in [0.1, 0.15) is 11.4 Å². The molecule has 1 N–H and O–H groups in total. The molecule has 0 aliphatic rings. The van der Waals surface area contributed by atoms with Gasteiger partial charge in [0.2, 0.25) is 5.82 Å². The molecular formula is C14H13F3N4O2S. The Morgan fingerprint density at radius 3 is 2.54 bits per heavy atom. The number of rotatable bonds is 6. The lowest BCUT2D eigenvalue weighted by Gasteiger charge is -2.12. The molecule has 0 fully saturated rings. The van der Waals surface area contributed by atoms with Crippen molar-refractivity contribution in [1.82, 2.24) is 14.8 Å². The maximum atomic E-state index is 12.6. The van der Waals surface area contributed by atoms with Gasteiger partial charge in [0.15, 0.2) is 5.16 Å². The highest BCUT2D eigenvalue weighted by molar-refractivity contribution is 7.99. The summed E-state index contributed by atoms with van der Waals surface area (Å²) < 4.78 is 44.0. The van der Waals surface area contributed by atoms with E-state index in [1.807, 2.05) is 6.07 Å². The largest absolute Gasteiger partial charge is 0.491 e. The molecule has 0 unspecified atom stereocenters. The van der Waals surface area contributed by atoms with E-state index in [9.17, 15) is 18.3 Å². The number of thioether (sulfide) groups is 1. The number of nitrogens with zero attached hydrogens (tertiary/aromatic N) is 4. The van der Waals surface area contributed by atoms with Crippen LogP contribution in [0.25, 0.3) is 0 Å². The lowest BCUT2D eigenvalue weighted by atomic mass is 10.2. The van der Waals surface area contributed by atoms with Gasteiger partial charge in [-0.1, -0.05) is 11.8 Å². The van der Waals surface area contributed by atoms with E-state index in [4.69, 9.17) is 10.00 Å². The second-order valence-electron chi connectivity index (χ2n) is 4.77. The van der Waals surface area contributed by atoms with Crippen molar-refractivity contribution in [1.29, 1.82) is 5.26 Å². The Morgan fingerprint density at radius 2 is 2.00 bits per heavy atom. The Bertz CT molecular complexity index is 725. The first-order chi connectivity index (χ1) is 11.3. The van der Waals surface area contributed by atoms with Crippen LogP contribution in [0.15, 0.2) is 29.4 Å². The maximum absolute atomic E-state index is 12.6. The number of alkyl halides is 3.